The van der Waals surface area contributed by atoms with Crippen LogP contribution in [0.25, 0.3) is 0 Å². The van der Waals surface area contributed by atoms with Gasteiger partial charge in [-0.15, -0.1) is 0 Å². The van der Waals surface area contributed by atoms with Gasteiger partial charge in [0.05, 0.1) is 17.2 Å². The molecule has 0 spiro atoms. The van der Waals surface area contributed by atoms with Crippen LogP contribution >= 0.6 is 0 Å². The number of nitrogens with one attached hydrogen (secondary N) is 1. The number of alkyl halides is 3. The maximum atomic E-state index is 13.0. The van der Waals surface area contributed by atoms with Crippen molar-refractivity contribution in [1.29, 1.82) is 0 Å². The van der Waals surface area contributed by atoms with Gasteiger partial charge in [0.2, 0.25) is 5.91 Å². The zero-order chi connectivity index (χ0) is 21.9. The number of esters is 1. The molecule has 0 aromatic heterocycles. The molecule has 2 aromatic carbocycles. The van der Waals surface area contributed by atoms with Gasteiger partial charge in [0.15, 0.2) is 6.61 Å². The third kappa shape index (κ3) is 4.97. The molecule has 1 saturated heterocycles. The Kier molecular flexibility index (Phi) is 6.09. The summed E-state index contributed by atoms with van der Waals surface area (Å²) in [6.07, 6.45) is -4.70. The second-order valence-corrected chi connectivity index (χ2v) is 6.94. The smallest absolute Gasteiger partial charge is 0.418 e. The Bertz CT molecular complexity index is 975. The number of hydrogen-bond acceptors (Lipinski definition) is 4. The highest BCUT2D eigenvalue weighted by Crippen LogP contribution is 2.34. The molecule has 1 aliphatic heterocycles. The quantitative estimate of drug-likeness (QED) is 0.751. The zero-order valence-corrected chi connectivity index (χ0v) is 16.0. The number of rotatable bonds is 5. The number of benzene rings is 2. The molecule has 0 radical (unpaired) electrons. The Hall–Kier alpha value is -3.36. The van der Waals surface area contributed by atoms with Gasteiger partial charge in [0, 0.05) is 18.7 Å². The molecule has 2 aromatic rings. The van der Waals surface area contributed by atoms with E-state index in [4.69, 9.17) is 4.74 Å². The highest BCUT2D eigenvalue weighted by molar-refractivity contribution is 6.00. The van der Waals surface area contributed by atoms with Gasteiger partial charge in [0.1, 0.15) is 0 Å². The molecule has 2 amide bonds. The van der Waals surface area contributed by atoms with E-state index >= 15 is 0 Å². The molecule has 1 N–H and O–H groups in total. The minimum absolute atomic E-state index is 0.0642. The van der Waals surface area contributed by atoms with Crippen molar-refractivity contribution in [3.63, 3.8) is 0 Å². The van der Waals surface area contributed by atoms with Gasteiger partial charge < -0.3 is 15.0 Å². The first-order valence-corrected chi connectivity index (χ1v) is 9.15. The van der Waals surface area contributed by atoms with E-state index < -0.39 is 41.8 Å². The van der Waals surface area contributed by atoms with Crippen molar-refractivity contribution in [3.8, 4) is 0 Å². The van der Waals surface area contributed by atoms with Gasteiger partial charge in [-0.1, -0.05) is 24.3 Å². The predicted octanol–water partition coefficient (Wildman–Crippen LogP) is 3.55. The summed E-state index contributed by atoms with van der Waals surface area (Å²) in [5.74, 6) is -2.66. The van der Waals surface area contributed by atoms with E-state index in [1.165, 1.54) is 17.0 Å². The van der Waals surface area contributed by atoms with Gasteiger partial charge in [-0.25, -0.2) is 0 Å². The van der Waals surface area contributed by atoms with Crippen LogP contribution in [0.5, 0.6) is 0 Å². The van der Waals surface area contributed by atoms with Gasteiger partial charge in [-0.2, -0.15) is 13.2 Å². The number of hydrogen-bond donors (Lipinski definition) is 1. The average Bonchev–Trinajstić information content (AvgIpc) is 3.07. The Balaban J connectivity index is 1.56. The second-order valence-electron chi connectivity index (χ2n) is 6.94. The summed E-state index contributed by atoms with van der Waals surface area (Å²) in [7, 11) is 0. The fourth-order valence-electron chi connectivity index (χ4n) is 3.19. The first-order chi connectivity index (χ1) is 14.1. The molecule has 0 aliphatic carbocycles. The lowest BCUT2D eigenvalue weighted by Gasteiger charge is -2.17. The Morgan fingerprint density at radius 1 is 1.17 bits per heavy atom. The summed E-state index contributed by atoms with van der Waals surface area (Å²) in [5, 5.41) is 2.10. The summed E-state index contributed by atoms with van der Waals surface area (Å²) in [5.41, 5.74) is 0.200. The van der Waals surface area contributed by atoms with Crippen molar-refractivity contribution in [1.82, 2.24) is 0 Å². The average molecular weight is 420 g/mol. The minimum Gasteiger partial charge on any atom is -0.455 e. The molecule has 30 heavy (non-hydrogen) atoms. The number of nitrogens with zero attached hydrogens (tertiary/aromatic N) is 1. The maximum Gasteiger partial charge on any atom is 0.418 e. The number of anilines is 2. The predicted molar refractivity (Wildman–Crippen MR) is 103 cm³/mol. The lowest BCUT2D eigenvalue weighted by molar-refractivity contribution is -0.151. The second kappa shape index (κ2) is 8.56. The van der Waals surface area contributed by atoms with Crippen LogP contribution in [0.1, 0.15) is 17.5 Å². The van der Waals surface area contributed by atoms with Gasteiger partial charge in [0.25, 0.3) is 5.91 Å². The summed E-state index contributed by atoms with van der Waals surface area (Å²) in [6, 6.07) is 11.7. The van der Waals surface area contributed by atoms with Crippen molar-refractivity contribution < 1.29 is 32.3 Å². The van der Waals surface area contributed by atoms with Crippen LogP contribution < -0.4 is 10.2 Å². The lowest BCUT2D eigenvalue weighted by atomic mass is 10.1. The van der Waals surface area contributed by atoms with Crippen molar-refractivity contribution in [2.75, 3.05) is 23.4 Å². The molecular weight excluding hydrogens is 401 g/mol. The zero-order valence-electron chi connectivity index (χ0n) is 16.0. The minimum atomic E-state index is -4.63. The van der Waals surface area contributed by atoms with Crippen LogP contribution in [0.4, 0.5) is 24.5 Å². The Morgan fingerprint density at radius 3 is 2.60 bits per heavy atom. The third-order valence-corrected chi connectivity index (χ3v) is 4.62. The monoisotopic (exact) mass is 420 g/mol. The van der Waals surface area contributed by atoms with E-state index in [0.29, 0.717) is 5.69 Å². The topological polar surface area (TPSA) is 75.7 Å². The summed E-state index contributed by atoms with van der Waals surface area (Å²) >= 11 is 0. The van der Waals surface area contributed by atoms with Crippen LogP contribution in [-0.4, -0.2) is 30.9 Å². The van der Waals surface area contributed by atoms with Crippen molar-refractivity contribution in [2.24, 2.45) is 5.92 Å². The fraction of sp³-hybridized carbons (Fsp3) is 0.286. The molecule has 158 valence electrons. The van der Waals surface area contributed by atoms with E-state index in [1.54, 1.807) is 12.1 Å². The molecule has 0 bridgehead atoms. The highest BCUT2D eigenvalue weighted by atomic mass is 19.4. The largest absolute Gasteiger partial charge is 0.455 e. The summed E-state index contributed by atoms with van der Waals surface area (Å²) < 4.78 is 43.9. The van der Waals surface area contributed by atoms with Gasteiger partial charge in [-0.3, -0.25) is 14.4 Å². The first-order valence-electron chi connectivity index (χ1n) is 9.15. The molecule has 9 heteroatoms. The number of carbonyl (C=O) groups excluding carboxylic acids is 3. The molecular formula is C21H19F3N2O4. The van der Waals surface area contributed by atoms with Crippen LogP contribution in [0.3, 0.4) is 0 Å². The molecule has 1 heterocycles. The maximum absolute atomic E-state index is 13.0. The van der Waals surface area contributed by atoms with E-state index in [9.17, 15) is 27.6 Å². The van der Waals surface area contributed by atoms with Crippen molar-refractivity contribution in [3.05, 3.63) is 59.7 Å². The van der Waals surface area contributed by atoms with Crippen LogP contribution in [0.15, 0.2) is 48.5 Å². The normalized spacial score (nSPS) is 16.5. The standard InChI is InChI=1S/C21H19F3N2O4/c1-13-5-4-6-15(9-13)26-11-14(10-19(26)28)20(29)30-12-18(27)25-17-8-3-2-7-16(17)21(22,23)24/h2-9,14H,10-12H2,1H3,(H,25,27)/t14-/m1/s1. The molecule has 1 aliphatic rings. The molecule has 1 atom stereocenters. The Labute approximate surface area is 170 Å². The number of carbonyl (C=O) groups is 3. The number of ether oxygens (including phenoxy) is 1. The fourth-order valence-corrected chi connectivity index (χ4v) is 3.19. The van der Waals surface area contributed by atoms with E-state index in [0.717, 1.165) is 17.7 Å². The molecule has 6 nitrogen and oxygen atoms in total. The number of amides is 2. The van der Waals surface area contributed by atoms with Gasteiger partial charge >= 0.3 is 12.1 Å². The molecule has 3 rings (SSSR count). The van der Waals surface area contributed by atoms with Crippen LogP contribution in [0.2, 0.25) is 0 Å². The number of aryl methyl sites for hydroxylation is 1. The molecule has 0 saturated carbocycles. The Morgan fingerprint density at radius 2 is 1.90 bits per heavy atom. The summed E-state index contributed by atoms with van der Waals surface area (Å²) in [6.45, 7) is 1.24. The first kappa shape index (κ1) is 21.4. The molecule has 1 fully saturated rings. The number of halogens is 3. The van der Waals surface area contributed by atoms with E-state index in [-0.39, 0.29) is 18.9 Å². The van der Waals surface area contributed by atoms with E-state index in [2.05, 4.69) is 5.32 Å². The highest BCUT2D eigenvalue weighted by Gasteiger charge is 2.37. The SMILES string of the molecule is Cc1cccc(N2C[C@H](C(=O)OCC(=O)Nc3ccccc3C(F)(F)F)CC2=O)c1. The van der Waals surface area contributed by atoms with Crippen molar-refractivity contribution in [2.45, 2.75) is 19.5 Å². The van der Waals surface area contributed by atoms with Crippen LogP contribution in [0, 0.1) is 12.8 Å². The number of para-hydroxylation sites is 1. The summed E-state index contributed by atoms with van der Waals surface area (Å²) in [4.78, 5) is 37.9. The van der Waals surface area contributed by atoms with E-state index in [1.807, 2.05) is 19.1 Å². The van der Waals surface area contributed by atoms with Crippen LogP contribution in [-0.2, 0) is 25.3 Å². The van der Waals surface area contributed by atoms with Crippen molar-refractivity contribution >= 4 is 29.2 Å². The molecule has 0 unspecified atom stereocenters. The lowest BCUT2D eigenvalue weighted by Crippen LogP contribution is -2.28. The van der Waals surface area contributed by atoms with Gasteiger partial charge in [-0.05, 0) is 36.8 Å². The third-order valence-electron chi connectivity index (χ3n) is 4.62.